The third kappa shape index (κ3) is 2.35. The van der Waals surface area contributed by atoms with Gasteiger partial charge in [-0.15, -0.1) is 0 Å². The second-order valence-electron chi connectivity index (χ2n) is 4.57. The van der Waals surface area contributed by atoms with Crippen molar-refractivity contribution in [3.05, 3.63) is 28.2 Å². The highest BCUT2D eigenvalue weighted by molar-refractivity contribution is 8.15. The molecule has 0 saturated carbocycles. The van der Waals surface area contributed by atoms with Crippen LogP contribution in [0.2, 0.25) is 10.0 Å². The minimum atomic E-state index is -3.03. The molecule has 0 aliphatic carbocycles. The summed E-state index contributed by atoms with van der Waals surface area (Å²) in [6.07, 6.45) is 0. The molecule has 2 fully saturated rings. The molecule has 0 bridgehead atoms. The molecule has 2 saturated heterocycles. The number of nitrogens with one attached hydrogen (secondary N) is 1. The summed E-state index contributed by atoms with van der Waals surface area (Å²) in [4.78, 5) is 1.69. The van der Waals surface area contributed by atoms with Gasteiger partial charge in [0.05, 0.1) is 28.3 Å². The van der Waals surface area contributed by atoms with E-state index in [2.05, 4.69) is 0 Å². The zero-order chi connectivity index (χ0) is 13.8. The van der Waals surface area contributed by atoms with Gasteiger partial charge in [-0.2, -0.15) is 0 Å². The standard InChI is InChI=1S/C11H10Cl2N2O2S2/c12-6-1-2-7(13)8(3-6)15-9-4-19(16,17)5-10(9)18-11(15)14/h1-3,9-10,14H,4-5H2/t9-,10-/m0/s1. The third-order valence-corrected chi connectivity index (χ3v) is 6.94. The number of rotatable bonds is 1. The molecule has 1 N–H and O–H groups in total. The van der Waals surface area contributed by atoms with E-state index in [4.69, 9.17) is 28.6 Å². The number of hydrogen-bond donors (Lipinski definition) is 1. The molecule has 102 valence electrons. The molecule has 4 nitrogen and oxygen atoms in total. The number of sulfone groups is 1. The highest BCUT2D eigenvalue weighted by Crippen LogP contribution is 2.43. The Morgan fingerprint density at radius 2 is 2.05 bits per heavy atom. The number of thioether (sulfide) groups is 1. The number of nitrogens with zero attached hydrogens (tertiary/aromatic N) is 1. The van der Waals surface area contributed by atoms with Gasteiger partial charge in [0.25, 0.3) is 0 Å². The zero-order valence-corrected chi connectivity index (χ0v) is 12.8. The average Bonchev–Trinajstić information content (AvgIpc) is 2.73. The summed E-state index contributed by atoms with van der Waals surface area (Å²) in [6.45, 7) is 0. The first kappa shape index (κ1) is 13.5. The van der Waals surface area contributed by atoms with Crippen molar-refractivity contribution < 1.29 is 8.42 Å². The number of amidine groups is 1. The fourth-order valence-electron chi connectivity index (χ4n) is 2.46. The molecule has 0 aromatic heterocycles. The van der Waals surface area contributed by atoms with Crippen LogP contribution in [-0.4, -0.2) is 36.4 Å². The molecule has 2 heterocycles. The molecule has 0 unspecified atom stereocenters. The second kappa shape index (κ2) is 4.55. The van der Waals surface area contributed by atoms with E-state index in [0.29, 0.717) is 20.9 Å². The largest absolute Gasteiger partial charge is 0.315 e. The lowest BCUT2D eigenvalue weighted by Crippen LogP contribution is -2.37. The molecule has 19 heavy (non-hydrogen) atoms. The lowest BCUT2D eigenvalue weighted by molar-refractivity contribution is 0.601. The summed E-state index contributed by atoms with van der Waals surface area (Å²) in [6, 6.07) is 4.78. The Balaban J connectivity index is 2.04. The summed E-state index contributed by atoms with van der Waals surface area (Å²) < 4.78 is 23.4. The monoisotopic (exact) mass is 336 g/mol. The van der Waals surface area contributed by atoms with E-state index in [1.165, 1.54) is 11.8 Å². The molecule has 2 aliphatic heterocycles. The molecular formula is C11H10Cl2N2O2S2. The quantitative estimate of drug-likeness (QED) is 0.856. The van der Waals surface area contributed by atoms with Crippen molar-refractivity contribution >= 4 is 55.7 Å². The smallest absolute Gasteiger partial charge is 0.161 e. The van der Waals surface area contributed by atoms with Gasteiger partial charge in [-0.1, -0.05) is 35.0 Å². The molecule has 2 atom stereocenters. The number of fused-ring (bicyclic) bond motifs is 1. The Morgan fingerprint density at radius 1 is 1.32 bits per heavy atom. The van der Waals surface area contributed by atoms with E-state index in [1.54, 1.807) is 23.1 Å². The van der Waals surface area contributed by atoms with Crippen LogP contribution in [0.5, 0.6) is 0 Å². The van der Waals surface area contributed by atoms with E-state index >= 15 is 0 Å². The van der Waals surface area contributed by atoms with Crippen molar-refractivity contribution in [2.24, 2.45) is 0 Å². The van der Waals surface area contributed by atoms with Crippen molar-refractivity contribution in [2.75, 3.05) is 16.4 Å². The van der Waals surface area contributed by atoms with E-state index in [0.717, 1.165) is 0 Å². The Kier molecular flexibility index (Phi) is 3.24. The summed E-state index contributed by atoms with van der Waals surface area (Å²) in [5.74, 6) is 0.190. The third-order valence-electron chi connectivity index (χ3n) is 3.25. The van der Waals surface area contributed by atoms with Gasteiger partial charge in [0.2, 0.25) is 0 Å². The van der Waals surface area contributed by atoms with Crippen LogP contribution in [0.15, 0.2) is 18.2 Å². The molecule has 2 aliphatic rings. The normalized spacial score (nSPS) is 28.7. The first-order valence-corrected chi connectivity index (χ1v) is 9.03. The van der Waals surface area contributed by atoms with Gasteiger partial charge in [0.1, 0.15) is 0 Å². The molecule has 0 spiro atoms. The van der Waals surface area contributed by atoms with E-state index in [9.17, 15) is 8.42 Å². The van der Waals surface area contributed by atoms with Crippen molar-refractivity contribution in [1.82, 2.24) is 0 Å². The Labute approximate surface area is 125 Å². The van der Waals surface area contributed by atoms with E-state index < -0.39 is 9.84 Å². The topological polar surface area (TPSA) is 61.2 Å². The SMILES string of the molecule is N=C1S[C@H]2CS(=O)(=O)C[C@@H]2N1c1cc(Cl)ccc1Cl. The van der Waals surface area contributed by atoms with Crippen molar-refractivity contribution in [1.29, 1.82) is 5.41 Å². The average molecular weight is 337 g/mol. The summed E-state index contributed by atoms with van der Waals surface area (Å²) in [5.41, 5.74) is 0.608. The van der Waals surface area contributed by atoms with Crippen molar-refractivity contribution in [3.63, 3.8) is 0 Å². The van der Waals surface area contributed by atoms with Gasteiger partial charge in [0.15, 0.2) is 15.0 Å². The molecule has 1 aromatic carbocycles. The summed E-state index contributed by atoms with van der Waals surface area (Å²) in [5, 5.41) is 9.26. The maximum Gasteiger partial charge on any atom is 0.161 e. The van der Waals surface area contributed by atoms with Crippen LogP contribution >= 0.6 is 35.0 Å². The van der Waals surface area contributed by atoms with Crippen LogP contribution in [0.3, 0.4) is 0 Å². The van der Waals surface area contributed by atoms with Gasteiger partial charge in [-0.3, -0.25) is 5.41 Å². The van der Waals surface area contributed by atoms with Crippen molar-refractivity contribution in [2.45, 2.75) is 11.3 Å². The Hall–Kier alpha value is -0.430. The number of halogens is 2. The lowest BCUT2D eigenvalue weighted by Gasteiger charge is -2.25. The summed E-state index contributed by atoms with van der Waals surface area (Å²) >= 11 is 13.4. The molecule has 8 heteroatoms. The van der Waals surface area contributed by atoms with Crippen LogP contribution in [0, 0.1) is 5.41 Å². The van der Waals surface area contributed by atoms with Crippen LogP contribution < -0.4 is 4.90 Å². The van der Waals surface area contributed by atoms with Crippen LogP contribution in [0.25, 0.3) is 0 Å². The predicted molar refractivity (Wildman–Crippen MR) is 80.5 cm³/mol. The van der Waals surface area contributed by atoms with Crippen LogP contribution in [0.1, 0.15) is 0 Å². The Morgan fingerprint density at radius 3 is 2.79 bits per heavy atom. The minimum Gasteiger partial charge on any atom is -0.315 e. The maximum atomic E-state index is 11.7. The predicted octanol–water partition coefficient (Wildman–Crippen LogP) is 2.65. The lowest BCUT2D eigenvalue weighted by atomic mass is 10.2. The van der Waals surface area contributed by atoms with E-state index in [1.807, 2.05) is 0 Å². The van der Waals surface area contributed by atoms with Gasteiger partial charge in [0, 0.05) is 10.3 Å². The zero-order valence-electron chi connectivity index (χ0n) is 9.64. The number of hydrogen-bond acceptors (Lipinski definition) is 4. The first-order chi connectivity index (χ1) is 8.87. The fraction of sp³-hybridized carbons (Fsp3) is 0.364. The summed E-state index contributed by atoms with van der Waals surface area (Å²) in [7, 11) is -3.03. The number of benzene rings is 1. The molecule has 0 amide bonds. The highest BCUT2D eigenvalue weighted by atomic mass is 35.5. The fourth-order valence-corrected chi connectivity index (χ4v) is 6.62. The molecular weight excluding hydrogens is 327 g/mol. The first-order valence-electron chi connectivity index (χ1n) is 5.57. The van der Waals surface area contributed by atoms with Crippen molar-refractivity contribution in [3.8, 4) is 0 Å². The molecule has 1 aromatic rings. The van der Waals surface area contributed by atoms with Crippen LogP contribution in [-0.2, 0) is 9.84 Å². The second-order valence-corrected chi connectivity index (χ2v) is 8.80. The number of anilines is 1. The minimum absolute atomic E-state index is 0.0654. The van der Waals surface area contributed by atoms with Gasteiger partial charge in [-0.05, 0) is 18.2 Å². The van der Waals surface area contributed by atoms with Gasteiger partial charge >= 0.3 is 0 Å². The molecule has 0 radical (unpaired) electrons. The maximum absolute atomic E-state index is 11.7. The van der Waals surface area contributed by atoms with E-state index in [-0.39, 0.29) is 22.8 Å². The Bertz CT molecular complexity index is 663. The van der Waals surface area contributed by atoms with Gasteiger partial charge in [-0.25, -0.2) is 8.42 Å². The highest BCUT2D eigenvalue weighted by Gasteiger charge is 2.49. The van der Waals surface area contributed by atoms with Gasteiger partial charge < -0.3 is 4.90 Å². The molecule has 3 rings (SSSR count). The van der Waals surface area contributed by atoms with Crippen LogP contribution in [0.4, 0.5) is 5.69 Å².